The van der Waals surface area contributed by atoms with Gasteiger partial charge in [0.2, 0.25) is 0 Å². The van der Waals surface area contributed by atoms with Crippen LogP contribution < -0.4 is 29.6 Å². The van der Waals surface area contributed by atoms with Gasteiger partial charge in [-0.25, -0.2) is 0 Å². The summed E-state index contributed by atoms with van der Waals surface area (Å²) in [6, 6.07) is 0. The maximum absolute atomic E-state index is 10.6. The molecule has 0 aromatic carbocycles. The molecule has 0 spiro atoms. The molecule has 8 nitrogen and oxygen atoms in total. The van der Waals surface area contributed by atoms with E-state index in [2.05, 4.69) is 0 Å². The zero-order valence-electron chi connectivity index (χ0n) is 9.99. The Bertz CT molecular complexity index is 299. The summed E-state index contributed by atoms with van der Waals surface area (Å²) in [6.45, 7) is 0. The van der Waals surface area contributed by atoms with Crippen molar-refractivity contribution in [3.8, 4) is 0 Å². The number of aliphatic carboxylic acids is 4. The van der Waals surface area contributed by atoms with E-state index >= 15 is 0 Å². The van der Waals surface area contributed by atoms with Gasteiger partial charge in [0.05, 0.1) is 24.7 Å². The monoisotopic (exact) mass is 258 g/mol. The van der Waals surface area contributed by atoms with Gasteiger partial charge in [0.1, 0.15) is 0 Å². The minimum atomic E-state index is -1.76. The van der Waals surface area contributed by atoms with E-state index < -0.39 is 48.6 Å². The van der Waals surface area contributed by atoms with Gasteiger partial charge in [-0.15, -0.1) is 0 Å². The van der Waals surface area contributed by atoms with E-state index in [1.54, 1.807) is 0 Å². The first-order valence-electron chi connectivity index (χ1n) is 4.15. The third-order valence-corrected chi connectivity index (χ3v) is 1.91. The van der Waals surface area contributed by atoms with Gasteiger partial charge in [0.25, 0.3) is 0 Å². The fourth-order valence-electron chi connectivity index (χ4n) is 1.18. The Balaban J connectivity index is -0.00000112. The minimum Gasteiger partial charge on any atom is -1.00 e. The first kappa shape index (κ1) is 18.3. The molecule has 0 saturated heterocycles. The molecule has 0 fully saturated rings. The molecule has 0 aliphatic carbocycles. The molecule has 0 amide bonds. The van der Waals surface area contributed by atoms with Crippen LogP contribution in [0.5, 0.6) is 0 Å². The topological polar surface area (TPSA) is 149 Å². The Morgan fingerprint density at radius 2 is 1.00 bits per heavy atom. The second-order valence-corrected chi connectivity index (χ2v) is 3.09. The molecule has 0 rings (SSSR count). The molecule has 17 heavy (non-hydrogen) atoms. The maximum atomic E-state index is 10.6. The van der Waals surface area contributed by atoms with Crippen molar-refractivity contribution in [3.05, 3.63) is 0 Å². The molecule has 2 unspecified atom stereocenters. The van der Waals surface area contributed by atoms with Crippen LogP contribution in [0.4, 0.5) is 0 Å². The van der Waals surface area contributed by atoms with Crippen molar-refractivity contribution >= 4 is 23.9 Å². The number of hydrogen-bond acceptors (Lipinski definition) is 4. The Kier molecular flexibility index (Phi) is 8.63. The van der Waals surface area contributed by atoms with Gasteiger partial charge in [0, 0.05) is 0 Å². The number of carboxylic acids is 4. The molecule has 9 heteroatoms. The predicted molar refractivity (Wildman–Crippen MR) is 47.9 cm³/mol. The summed E-state index contributed by atoms with van der Waals surface area (Å²) >= 11 is 0. The molecule has 0 aromatic heterocycles. The first-order chi connectivity index (χ1) is 7.25. The molecule has 0 aromatic rings. The number of carboxylic acid groups (broad SMARTS) is 4. The quantitative estimate of drug-likeness (QED) is 0.343. The van der Waals surface area contributed by atoms with Crippen LogP contribution in [0, 0.1) is 11.8 Å². The van der Waals surface area contributed by atoms with Gasteiger partial charge in [-0.3, -0.25) is 19.2 Å². The van der Waals surface area contributed by atoms with Gasteiger partial charge >= 0.3 is 53.4 Å². The largest absolute Gasteiger partial charge is 1.00 e. The summed E-state index contributed by atoms with van der Waals surface area (Å²) in [7, 11) is 0. The van der Waals surface area contributed by atoms with Crippen LogP contribution in [0.15, 0.2) is 0 Å². The van der Waals surface area contributed by atoms with Crippen LogP contribution >= 0.6 is 0 Å². The molecule has 4 N–H and O–H groups in total. The molecule has 0 aliphatic rings. The summed E-state index contributed by atoms with van der Waals surface area (Å²) in [6.07, 6.45) is -1.86. The third kappa shape index (κ3) is 6.93. The fraction of sp³-hybridized carbons (Fsp3) is 0.500. The summed E-state index contributed by atoms with van der Waals surface area (Å²) in [5.41, 5.74) is 0. The second-order valence-electron chi connectivity index (χ2n) is 3.09. The number of carbonyl (C=O) groups is 4. The molecule has 0 saturated carbocycles. The van der Waals surface area contributed by atoms with Crippen molar-refractivity contribution in [2.24, 2.45) is 11.8 Å². The van der Waals surface area contributed by atoms with Crippen LogP contribution in [0.2, 0.25) is 0 Å². The fourth-order valence-corrected chi connectivity index (χ4v) is 1.18. The van der Waals surface area contributed by atoms with Crippen molar-refractivity contribution < 1.29 is 70.6 Å². The van der Waals surface area contributed by atoms with Gasteiger partial charge in [-0.2, -0.15) is 0 Å². The van der Waals surface area contributed by atoms with E-state index in [1.807, 2.05) is 0 Å². The van der Waals surface area contributed by atoms with E-state index in [9.17, 15) is 19.2 Å². The SMILES string of the molecule is O=C(O)CC(C(=O)O)C(CC(=O)O)C(=O)O.[H-].[Na+]. The smallest absolute Gasteiger partial charge is 1.00 e. The summed E-state index contributed by atoms with van der Waals surface area (Å²) in [5.74, 6) is -9.79. The van der Waals surface area contributed by atoms with Crippen LogP contribution in [0.1, 0.15) is 14.3 Å². The molecular formula is C8H11NaO8. The maximum Gasteiger partial charge on any atom is 1.00 e. The normalized spacial score (nSPS) is 12.9. The van der Waals surface area contributed by atoms with Crippen molar-refractivity contribution in [1.29, 1.82) is 0 Å². The molecule has 0 heterocycles. The van der Waals surface area contributed by atoms with E-state index in [4.69, 9.17) is 20.4 Å². The van der Waals surface area contributed by atoms with Gasteiger partial charge < -0.3 is 21.9 Å². The summed E-state index contributed by atoms with van der Waals surface area (Å²) in [4.78, 5) is 41.9. The number of rotatable bonds is 7. The molecule has 92 valence electrons. The third-order valence-electron chi connectivity index (χ3n) is 1.91. The van der Waals surface area contributed by atoms with Crippen molar-refractivity contribution in [2.45, 2.75) is 12.8 Å². The van der Waals surface area contributed by atoms with Crippen LogP contribution in [0.25, 0.3) is 0 Å². The van der Waals surface area contributed by atoms with Crippen LogP contribution in [0.3, 0.4) is 0 Å². The Hall–Kier alpha value is -1.12. The Morgan fingerprint density at radius 1 is 0.765 bits per heavy atom. The van der Waals surface area contributed by atoms with Crippen molar-refractivity contribution in [1.82, 2.24) is 0 Å². The Labute approximate surface area is 119 Å². The average Bonchev–Trinajstić information content (AvgIpc) is 2.09. The van der Waals surface area contributed by atoms with E-state index in [0.29, 0.717) is 0 Å². The standard InChI is InChI=1S/C8H10O8.Na.H/c9-5(10)1-3(7(13)14)4(8(15)16)2-6(11)12;;/h3-4H,1-2H2,(H,9,10)(H,11,12)(H,13,14)(H,15,16);;/q;+1;-1. The summed E-state index contributed by atoms with van der Waals surface area (Å²) in [5, 5.41) is 34.1. The molecule has 0 bridgehead atoms. The number of hydrogen-bond donors (Lipinski definition) is 4. The molecular weight excluding hydrogens is 247 g/mol. The second kappa shape index (κ2) is 8.04. The van der Waals surface area contributed by atoms with Crippen LogP contribution in [-0.2, 0) is 19.2 Å². The van der Waals surface area contributed by atoms with Crippen molar-refractivity contribution in [2.75, 3.05) is 0 Å². The van der Waals surface area contributed by atoms with Gasteiger partial charge in [-0.1, -0.05) is 0 Å². The average molecular weight is 258 g/mol. The van der Waals surface area contributed by atoms with Crippen molar-refractivity contribution in [3.63, 3.8) is 0 Å². The van der Waals surface area contributed by atoms with Gasteiger partial charge in [0.15, 0.2) is 0 Å². The van der Waals surface area contributed by atoms with E-state index in [1.165, 1.54) is 0 Å². The summed E-state index contributed by atoms with van der Waals surface area (Å²) < 4.78 is 0. The molecule has 2 atom stereocenters. The molecule has 0 radical (unpaired) electrons. The molecule has 0 aliphatic heterocycles. The first-order valence-corrected chi connectivity index (χ1v) is 4.15. The van der Waals surface area contributed by atoms with Gasteiger partial charge in [-0.05, 0) is 0 Å². The van der Waals surface area contributed by atoms with Crippen LogP contribution in [-0.4, -0.2) is 44.3 Å². The minimum absolute atomic E-state index is 0. The Morgan fingerprint density at radius 3 is 1.12 bits per heavy atom. The predicted octanol–water partition coefficient (Wildman–Crippen LogP) is -3.55. The van der Waals surface area contributed by atoms with E-state index in [0.717, 1.165) is 0 Å². The zero-order chi connectivity index (χ0) is 12.9. The van der Waals surface area contributed by atoms with E-state index in [-0.39, 0.29) is 31.0 Å². The zero-order valence-corrected chi connectivity index (χ0v) is 11.0.